The van der Waals surface area contributed by atoms with Crippen LogP contribution in [-0.4, -0.2) is 36.5 Å². The summed E-state index contributed by atoms with van der Waals surface area (Å²) in [6.07, 6.45) is 1.25. The average Bonchev–Trinajstić information content (AvgIpc) is 2.39. The third-order valence-electron chi connectivity index (χ3n) is 3.34. The minimum absolute atomic E-state index is 0. The molecule has 1 aromatic rings. The van der Waals surface area contributed by atoms with Gasteiger partial charge in [0.2, 0.25) is 5.91 Å². The van der Waals surface area contributed by atoms with Crippen molar-refractivity contribution in [3.63, 3.8) is 0 Å². The van der Waals surface area contributed by atoms with E-state index in [0.717, 1.165) is 36.1 Å². The summed E-state index contributed by atoms with van der Waals surface area (Å²) in [6, 6.07) is 6.07. The molecule has 20 heavy (non-hydrogen) atoms. The van der Waals surface area contributed by atoms with E-state index in [0.29, 0.717) is 17.5 Å². The van der Waals surface area contributed by atoms with E-state index in [-0.39, 0.29) is 18.3 Å². The van der Waals surface area contributed by atoms with Crippen molar-refractivity contribution in [2.75, 3.05) is 19.6 Å². The monoisotopic (exact) mass is 380 g/mol. The number of amides is 1. The minimum atomic E-state index is 0. The van der Waals surface area contributed by atoms with Crippen LogP contribution in [0.2, 0.25) is 5.02 Å². The molecule has 0 spiro atoms. The van der Waals surface area contributed by atoms with Crippen LogP contribution in [0.3, 0.4) is 0 Å². The number of benzene rings is 1. The summed E-state index contributed by atoms with van der Waals surface area (Å²) in [6.45, 7) is 4.59. The second kappa shape index (κ2) is 8.23. The number of halogens is 3. The lowest BCUT2D eigenvalue weighted by Crippen LogP contribution is -2.51. The highest BCUT2D eigenvalue weighted by Crippen LogP contribution is 2.22. The molecule has 6 heteroatoms. The van der Waals surface area contributed by atoms with Crippen LogP contribution in [-0.2, 0) is 11.2 Å². The molecule has 0 saturated carbocycles. The van der Waals surface area contributed by atoms with Gasteiger partial charge < -0.3 is 10.2 Å². The van der Waals surface area contributed by atoms with E-state index in [1.807, 2.05) is 23.1 Å². The number of hydrogen-bond acceptors (Lipinski definition) is 2. The predicted molar refractivity (Wildman–Crippen MR) is 88.8 cm³/mol. The molecule has 0 aromatic heterocycles. The lowest BCUT2D eigenvalue weighted by molar-refractivity contribution is -0.132. The summed E-state index contributed by atoms with van der Waals surface area (Å²) >= 11 is 9.47. The molecule has 1 heterocycles. The van der Waals surface area contributed by atoms with Gasteiger partial charge in [0.1, 0.15) is 0 Å². The van der Waals surface area contributed by atoms with Crippen LogP contribution in [0.4, 0.5) is 0 Å². The first-order chi connectivity index (χ1) is 9.06. The topological polar surface area (TPSA) is 32.3 Å². The van der Waals surface area contributed by atoms with Crippen molar-refractivity contribution in [2.45, 2.75) is 25.8 Å². The zero-order valence-electron chi connectivity index (χ0n) is 11.4. The standard InChI is InChI=1S/C14H18BrClN2O.ClH/c1-10-9-18(7-6-17-10)14(19)5-2-11-8-12(16)3-4-13(11)15;/h3-4,8,10,17H,2,5-7,9H2,1H3;1H. The molecule has 1 saturated heterocycles. The molecule has 1 aliphatic rings. The molecule has 0 aliphatic carbocycles. The third kappa shape index (κ3) is 4.92. The number of nitrogens with one attached hydrogen (secondary N) is 1. The van der Waals surface area contributed by atoms with Gasteiger partial charge in [-0.25, -0.2) is 0 Å². The number of nitrogens with zero attached hydrogens (tertiary/aromatic N) is 1. The zero-order valence-corrected chi connectivity index (χ0v) is 14.5. The maximum Gasteiger partial charge on any atom is 0.222 e. The van der Waals surface area contributed by atoms with Gasteiger partial charge >= 0.3 is 0 Å². The Balaban J connectivity index is 0.00000200. The molecular weight excluding hydrogens is 363 g/mol. The van der Waals surface area contributed by atoms with Gasteiger partial charge in [0.25, 0.3) is 0 Å². The van der Waals surface area contributed by atoms with Crippen LogP contribution < -0.4 is 5.32 Å². The van der Waals surface area contributed by atoms with Crippen LogP contribution in [0, 0.1) is 0 Å². The van der Waals surface area contributed by atoms with Crippen LogP contribution in [0.5, 0.6) is 0 Å². The first-order valence-corrected chi connectivity index (χ1v) is 7.68. The second-order valence-corrected chi connectivity index (χ2v) is 6.22. The third-order valence-corrected chi connectivity index (χ3v) is 4.35. The SMILES string of the molecule is CC1CN(C(=O)CCc2cc(Cl)ccc2Br)CCN1.Cl. The highest BCUT2D eigenvalue weighted by Gasteiger charge is 2.20. The van der Waals surface area contributed by atoms with Gasteiger partial charge in [-0.1, -0.05) is 27.5 Å². The van der Waals surface area contributed by atoms with Crippen molar-refractivity contribution in [1.82, 2.24) is 10.2 Å². The number of carbonyl (C=O) groups is 1. The van der Waals surface area contributed by atoms with Gasteiger partial charge in [-0.15, -0.1) is 12.4 Å². The van der Waals surface area contributed by atoms with Crippen molar-refractivity contribution < 1.29 is 4.79 Å². The second-order valence-electron chi connectivity index (χ2n) is 4.93. The molecule has 1 aliphatic heterocycles. The smallest absolute Gasteiger partial charge is 0.222 e. The first-order valence-electron chi connectivity index (χ1n) is 6.51. The molecule has 1 atom stereocenters. The Labute approximate surface area is 139 Å². The molecule has 1 fully saturated rings. The Kier molecular flexibility index (Phi) is 7.30. The van der Waals surface area contributed by atoms with E-state index in [1.165, 1.54) is 0 Å². The molecule has 0 radical (unpaired) electrons. The molecule has 1 N–H and O–H groups in total. The normalized spacial score (nSPS) is 18.6. The molecule has 112 valence electrons. The lowest BCUT2D eigenvalue weighted by atomic mass is 10.1. The lowest BCUT2D eigenvalue weighted by Gasteiger charge is -2.32. The maximum atomic E-state index is 12.2. The highest BCUT2D eigenvalue weighted by molar-refractivity contribution is 9.10. The Hall–Kier alpha value is -0.290. The Morgan fingerprint density at radius 1 is 1.55 bits per heavy atom. The van der Waals surface area contributed by atoms with Gasteiger partial charge in [-0.05, 0) is 37.1 Å². The van der Waals surface area contributed by atoms with Gasteiger partial charge in [0.05, 0.1) is 0 Å². The predicted octanol–water partition coefficient (Wildman–Crippen LogP) is 3.28. The van der Waals surface area contributed by atoms with E-state index in [1.54, 1.807) is 0 Å². The van der Waals surface area contributed by atoms with Gasteiger partial charge in [0, 0.05) is 41.6 Å². The van der Waals surface area contributed by atoms with Crippen LogP contribution in [0.15, 0.2) is 22.7 Å². The molecule has 2 rings (SSSR count). The quantitative estimate of drug-likeness (QED) is 0.871. The molecular formula is C14H19BrCl2N2O. The van der Waals surface area contributed by atoms with Crippen molar-refractivity contribution >= 4 is 45.8 Å². The molecule has 1 aromatic carbocycles. The Morgan fingerprint density at radius 3 is 3.00 bits per heavy atom. The summed E-state index contributed by atoms with van der Waals surface area (Å²) in [5, 5.41) is 4.05. The summed E-state index contributed by atoms with van der Waals surface area (Å²) in [4.78, 5) is 14.1. The summed E-state index contributed by atoms with van der Waals surface area (Å²) in [5.74, 6) is 0.222. The van der Waals surface area contributed by atoms with Gasteiger partial charge in [-0.3, -0.25) is 4.79 Å². The number of aryl methyl sites for hydroxylation is 1. The molecule has 1 amide bonds. The highest BCUT2D eigenvalue weighted by atomic mass is 79.9. The molecule has 0 bridgehead atoms. The average molecular weight is 382 g/mol. The number of carbonyl (C=O) groups excluding carboxylic acids is 1. The van der Waals surface area contributed by atoms with Crippen LogP contribution in [0.1, 0.15) is 18.9 Å². The maximum absolute atomic E-state index is 12.2. The fraction of sp³-hybridized carbons (Fsp3) is 0.500. The van der Waals surface area contributed by atoms with E-state index in [4.69, 9.17) is 11.6 Å². The van der Waals surface area contributed by atoms with Crippen molar-refractivity contribution in [2.24, 2.45) is 0 Å². The molecule has 3 nitrogen and oxygen atoms in total. The van der Waals surface area contributed by atoms with E-state index >= 15 is 0 Å². The molecule has 1 unspecified atom stereocenters. The van der Waals surface area contributed by atoms with E-state index in [2.05, 4.69) is 28.2 Å². The van der Waals surface area contributed by atoms with Crippen LogP contribution >= 0.6 is 39.9 Å². The number of rotatable bonds is 3. The van der Waals surface area contributed by atoms with Gasteiger partial charge in [-0.2, -0.15) is 0 Å². The zero-order chi connectivity index (χ0) is 13.8. The number of hydrogen-bond donors (Lipinski definition) is 1. The van der Waals surface area contributed by atoms with E-state index < -0.39 is 0 Å². The summed E-state index contributed by atoms with van der Waals surface area (Å²) in [5.41, 5.74) is 1.09. The van der Waals surface area contributed by atoms with Gasteiger partial charge in [0.15, 0.2) is 0 Å². The fourth-order valence-corrected chi connectivity index (χ4v) is 2.93. The Morgan fingerprint density at radius 2 is 2.30 bits per heavy atom. The Bertz CT molecular complexity index is 470. The van der Waals surface area contributed by atoms with Crippen LogP contribution in [0.25, 0.3) is 0 Å². The fourth-order valence-electron chi connectivity index (χ4n) is 2.29. The largest absolute Gasteiger partial charge is 0.340 e. The van der Waals surface area contributed by atoms with Crippen molar-refractivity contribution in [3.05, 3.63) is 33.3 Å². The summed E-state index contributed by atoms with van der Waals surface area (Å²) < 4.78 is 1.01. The summed E-state index contributed by atoms with van der Waals surface area (Å²) in [7, 11) is 0. The number of piperazine rings is 1. The van der Waals surface area contributed by atoms with E-state index in [9.17, 15) is 4.79 Å². The van der Waals surface area contributed by atoms with Crippen molar-refractivity contribution in [1.29, 1.82) is 0 Å². The minimum Gasteiger partial charge on any atom is -0.340 e. The first kappa shape index (κ1) is 17.8. The van der Waals surface area contributed by atoms with Crippen molar-refractivity contribution in [3.8, 4) is 0 Å².